The zero-order valence-electron chi connectivity index (χ0n) is 16.2. The maximum atomic E-state index is 12.9. The fraction of sp³-hybridized carbons (Fsp3) is 0.364. The summed E-state index contributed by atoms with van der Waals surface area (Å²) in [7, 11) is 0. The number of fused-ring (bicyclic) bond motifs is 2. The number of hydrogen-bond acceptors (Lipinski definition) is 3. The Morgan fingerprint density at radius 3 is 2.79 bits per heavy atom. The third-order valence-corrected chi connectivity index (χ3v) is 6.07. The average Bonchev–Trinajstić information content (AvgIpc) is 2.71. The van der Waals surface area contributed by atoms with Crippen molar-refractivity contribution in [3.05, 3.63) is 58.1 Å². The van der Waals surface area contributed by atoms with Crippen molar-refractivity contribution in [2.75, 3.05) is 23.3 Å². The van der Waals surface area contributed by atoms with E-state index in [1.54, 1.807) is 24.3 Å². The molecule has 2 aromatic rings. The van der Waals surface area contributed by atoms with Gasteiger partial charge in [0.2, 0.25) is 0 Å². The predicted molar refractivity (Wildman–Crippen MR) is 112 cm³/mol. The highest BCUT2D eigenvalue weighted by molar-refractivity contribution is 6.31. The standard InChI is InChI=1S/C22H24ClN3O2/c1-3-25-19-13-15(21(27)24-16-8-10-18(23)14(2)12-16)7-9-17(19)22(28)26-11-5-4-6-20(25)26/h7-10,12-13,20H,3-6,11H2,1-2H3,(H,24,27)/t20-/m0/s1. The lowest BCUT2D eigenvalue weighted by atomic mass is 9.97. The van der Waals surface area contributed by atoms with Crippen molar-refractivity contribution in [2.24, 2.45) is 0 Å². The van der Waals surface area contributed by atoms with Gasteiger partial charge in [-0.05, 0) is 75.1 Å². The quantitative estimate of drug-likeness (QED) is 0.817. The number of benzene rings is 2. The highest BCUT2D eigenvalue weighted by Crippen LogP contribution is 2.35. The van der Waals surface area contributed by atoms with E-state index in [4.69, 9.17) is 11.6 Å². The zero-order chi connectivity index (χ0) is 19.8. The van der Waals surface area contributed by atoms with E-state index in [0.29, 0.717) is 21.8 Å². The van der Waals surface area contributed by atoms with Crippen molar-refractivity contribution < 1.29 is 9.59 Å². The highest BCUT2D eigenvalue weighted by Gasteiger charge is 2.38. The molecule has 5 nitrogen and oxygen atoms in total. The minimum atomic E-state index is -0.195. The summed E-state index contributed by atoms with van der Waals surface area (Å²) < 4.78 is 0. The van der Waals surface area contributed by atoms with Gasteiger partial charge in [0.1, 0.15) is 6.17 Å². The largest absolute Gasteiger partial charge is 0.351 e. The summed E-state index contributed by atoms with van der Waals surface area (Å²) in [4.78, 5) is 30.0. The van der Waals surface area contributed by atoms with Crippen LogP contribution in [0, 0.1) is 6.92 Å². The van der Waals surface area contributed by atoms with Crippen molar-refractivity contribution in [3.8, 4) is 0 Å². The first-order valence-electron chi connectivity index (χ1n) is 9.78. The summed E-state index contributed by atoms with van der Waals surface area (Å²) in [5, 5.41) is 3.59. The van der Waals surface area contributed by atoms with Gasteiger partial charge in [-0.2, -0.15) is 0 Å². The Balaban J connectivity index is 1.65. The molecular weight excluding hydrogens is 374 g/mol. The number of amides is 2. The van der Waals surface area contributed by atoms with E-state index in [1.165, 1.54) is 0 Å². The number of carbonyl (C=O) groups excluding carboxylic acids is 2. The summed E-state index contributed by atoms with van der Waals surface area (Å²) in [5.74, 6) is -0.121. The number of nitrogens with zero attached hydrogens (tertiary/aromatic N) is 2. The molecule has 28 heavy (non-hydrogen) atoms. The predicted octanol–water partition coefficient (Wildman–Crippen LogP) is 4.69. The molecule has 0 unspecified atom stereocenters. The summed E-state index contributed by atoms with van der Waals surface area (Å²) in [5.41, 5.74) is 3.69. The Hall–Kier alpha value is -2.53. The number of halogens is 1. The molecule has 2 aliphatic heterocycles. The van der Waals surface area contributed by atoms with Crippen molar-refractivity contribution >= 4 is 34.8 Å². The molecule has 1 N–H and O–H groups in total. The average molecular weight is 398 g/mol. The third kappa shape index (κ3) is 3.24. The molecule has 0 aliphatic carbocycles. The van der Waals surface area contributed by atoms with Crippen LogP contribution in [0.3, 0.4) is 0 Å². The second-order valence-electron chi connectivity index (χ2n) is 7.41. The molecule has 1 saturated heterocycles. The van der Waals surface area contributed by atoms with Crippen molar-refractivity contribution in [3.63, 3.8) is 0 Å². The van der Waals surface area contributed by atoms with Crippen molar-refractivity contribution in [2.45, 2.75) is 39.3 Å². The van der Waals surface area contributed by atoms with E-state index >= 15 is 0 Å². The molecule has 2 heterocycles. The number of hydrogen-bond donors (Lipinski definition) is 1. The first kappa shape index (κ1) is 18.8. The van der Waals surface area contributed by atoms with E-state index in [0.717, 1.165) is 43.6 Å². The van der Waals surface area contributed by atoms with Gasteiger partial charge in [0.25, 0.3) is 11.8 Å². The van der Waals surface area contributed by atoms with Crippen LogP contribution in [0.15, 0.2) is 36.4 Å². The number of nitrogens with one attached hydrogen (secondary N) is 1. The maximum absolute atomic E-state index is 12.9. The highest BCUT2D eigenvalue weighted by atomic mass is 35.5. The topological polar surface area (TPSA) is 52.7 Å². The van der Waals surface area contributed by atoms with Crippen molar-refractivity contribution in [1.82, 2.24) is 4.90 Å². The smallest absolute Gasteiger partial charge is 0.257 e. The molecule has 6 heteroatoms. The van der Waals surface area contributed by atoms with E-state index in [2.05, 4.69) is 17.1 Å². The van der Waals surface area contributed by atoms with Gasteiger partial charge in [0.05, 0.1) is 11.3 Å². The SMILES string of the molecule is CCN1c2cc(C(=O)Nc3ccc(Cl)c(C)c3)ccc2C(=O)N2CCCC[C@H]21. The van der Waals surface area contributed by atoms with Gasteiger partial charge in [0.15, 0.2) is 0 Å². The van der Waals surface area contributed by atoms with Crippen LogP contribution in [-0.4, -0.2) is 36.0 Å². The van der Waals surface area contributed by atoms with Crippen LogP contribution in [0.5, 0.6) is 0 Å². The molecule has 2 aromatic carbocycles. The Morgan fingerprint density at radius 2 is 2.04 bits per heavy atom. The minimum absolute atomic E-state index is 0.0738. The Labute approximate surface area is 170 Å². The second-order valence-corrected chi connectivity index (χ2v) is 7.82. The Kier molecular flexibility index (Phi) is 5.02. The lowest BCUT2D eigenvalue weighted by Gasteiger charge is -2.47. The molecule has 2 amide bonds. The lowest BCUT2D eigenvalue weighted by molar-refractivity contribution is 0.0582. The first-order chi connectivity index (χ1) is 13.5. The Bertz CT molecular complexity index is 943. The second kappa shape index (κ2) is 7.47. The molecule has 146 valence electrons. The van der Waals surface area contributed by atoms with E-state index in [-0.39, 0.29) is 18.0 Å². The number of anilines is 2. The number of rotatable bonds is 3. The van der Waals surface area contributed by atoms with Crippen LogP contribution < -0.4 is 10.2 Å². The molecule has 0 spiro atoms. The van der Waals surface area contributed by atoms with Crippen molar-refractivity contribution in [1.29, 1.82) is 0 Å². The normalized spacial score (nSPS) is 18.5. The number of carbonyl (C=O) groups is 2. The minimum Gasteiger partial charge on any atom is -0.351 e. The number of aryl methyl sites for hydroxylation is 1. The van der Waals surface area contributed by atoms with Crippen LogP contribution in [0.4, 0.5) is 11.4 Å². The molecule has 4 rings (SSSR count). The third-order valence-electron chi connectivity index (χ3n) is 5.65. The van der Waals surface area contributed by atoms with Gasteiger partial charge >= 0.3 is 0 Å². The fourth-order valence-electron chi connectivity index (χ4n) is 4.19. The molecular formula is C22H24ClN3O2. The van der Waals surface area contributed by atoms with Gasteiger partial charge in [-0.1, -0.05) is 11.6 Å². The monoisotopic (exact) mass is 397 g/mol. The van der Waals surface area contributed by atoms with Gasteiger partial charge in [-0.25, -0.2) is 0 Å². The molecule has 1 fully saturated rings. The van der Waals surface area contributed by atoms with Gasteiger partial charge in [-0.3, -0.25) is 9.59 Å². The van der Waals surface area contributed by atoms with E-state index in [9.17, 15) is 9.59 Å². The summed E-state index contributed by atoms with van der Waals surface area (Å²) >= 11 is 6.06. The lowest BCUT2D eigenvalue weighted by Crippen LogP contribution is -2.57. The summed E-state index contributed by atoms with van der Waals surface area (Å²) in [6, 6.07) is 10.8. The zero-order valence-corrected chi connectivity index (χ0v) is 16.9. The van der Waals surface area contributed by atoms with Gasteiger partial charge in [-0.15, -0.1) is 0 Å². The van der Waals surface area contributed by atoms with Gasteiger partial charge < -0.3 is 15.1 Å². The first-order valence-corrected chi connectivity index (χ1v) is 10.2. The molecule has 0 bridgehead atoms. The van der Waals surface area contributed by atoms with Crippen LogP contribution in [0.1, 0.15) is 52.5 Å². The van der Waals surface area contributed by atoms with E-state index < -0.39 is 0 Å². The molecule has 0 radical (unpaired) electrons. The van der Waals surface area contributed by atoms with Crippen LogP contribution in [0.2, 0.25) is 5.02 Å². The summed E-state index contributed by atoms with van der Waals surface area (Å²) in [6.45, 7) is 5.59. The molecule has 2 aliphatic rings. The molecule has 1 atom stereocenters. The molecule has 0 aromatic heterocycles. The van der Waals surface area contributed by atoms with Crippen LogP contribution in [0.25, 0.3) is 0 Å². The van der Waals surface area contributed by atoms with E-state index in [1.807, 2.05) is 24.0 Å². The Morgan fingerprint density at radius 1 is 1.21 bits per heavy atom. The number of piperidine rings is 1. The maximum Gasteiger partial charge on any atom is 0.257 e. The summed E-state index contributed by atoms with van der Waals surface area (Å²) in [6.07, 6.45) is 3.24. The van der Waals surface area contributed by atoms with Crippen LogP contribution in [-0.2, 0) is 0 Å². The molecule has 0 saturated carbocycles. The van der Waals surface area contributed by atoms with Crippen LogP contribution >= 0.6 is 11.6 Å². The van der Waals surface area contributed by atoms with Gasteiger partial charge in [0, 0.05) is 29.4 Å². The fourth-order valence-corrected chi connectivity index (χ4v) is 4.31.